The summed E-state index contributed by atoms with van der Waals surface area (Å²) in [6.07, 6.45) is -1.08. The van der Waals surface area contributed by atoms with Crippen LogP contribution < -0.4 is 27.8 Å². The third-order valence-corrected chi connectivity index (χ3v) is 4.37. The van der Waals surface area contributed by atoms with Crippen LogP contribution in [0.4, 0.5) is 4.79 Å². The quantitative estimate of drug-likeness (QED) is 0.251. The molecule has 196 valence electrons. The van der Waals surface area contributed by atoms with E-state index in [1.807, 2.05) is 6.92 Å². The number of ether oxygens (including phenoxy) is 1. The van der Waals surface area contributed by atoms with Gasteiger partial charge in [0.15, 0.2) is 0 Å². The van der Waals surface area contributed by atoms with Gasteiger partial charge in [0.25, 0.3) is 0 Å². The van der Waals surface area contributed by atoms with Gasteiger partial charge in [-0.1, -0.05) is 6.92 Å². The molecule has 0 aromatic heterocycles. The Morgan fingerprint density at radius 1 is 0.971 bits per heavy atom. The highest BCUT2D eigenvalue weighted by Crippen LogP contribution is 2.11. The molecule has 0 spiro atoms. The van der Waals surface area contributed by atoms with Crippen molar-refractivity contribution in [3.63, 3.8) is 0 Å². The van der Waals surface area contributed by atoms with E-state index in [0.29, 0.717) is 0 Å². The second-order valence-electron chi connectivity index (χ2n) is 8.62. The Morgan fingerprint density at radius 3 is 1.97 bits per heavy atom. The Bertz CT molecular complexity index is 688. The number of piperazine rings is 1. The minimum absolute atomic E-state index is 0.0212. The number of nitrogens with two attached hydrogens (primary N) is 3. The van der Waals surface area contributed by atoms with Gasteiger partial charge in [0.05, 0.1) is 6.42 Å². The van der Waals surface area contributed by atoms with E-state index in [-0.39, 0.29) is 64.4 Å². The lowest BCUT2D eigenvalue weighted by molar-refractivity contribution is -0.142. The van der Waals surface area contributed by atoms with E-state index >= 15 is 0 Å². The Labute approximate surface area is 201 Å². The molecule has 0 aromatic carbocycles. The Balaban J connectivity index is 0.00000343. The first-order valence-electron chi connectivity index (χ1n) is 11.4. The predicted molar refractivity (Wildman–Crippen MR) is 126 cm³/mol. The van der Waals surface area contributed by atoms with Crippen molar-refractivity contribution in [1.82, 2.24) is 20.4 Å². The van der Waals surface area contributed by atoms with Gasteiger partial charge < -0.3 is 42.4 Å². The van der Waals surface area contributed by atoms with Crippen LogP contribution in [0.25, 0.3) is 0 Å². The van der Waals surface area contributed by atoms with Crippen LogP contribution in [0, 0.1) is 0 Å². The minimum atomic E-state index is -1.12. The molecular weight excluding hydrogens is 446 g/mol. The predicted octanol–water partition coefficient (Wildman–Crippen LogP) is -1.75. The normalized spacial score (nSPS) is 14.3. The lowest BCUT2D eigenvalue weighted by atomic mass is 10.1. The van der Waals surface area contributed by atoms with Crippen molar-refractivity contribution >= 4 is 29.7 Å². The van der Waals surface area contributed by atoms with Crippen molar-refractivity contribution < 1.29 is 28.7 Å². The molecule has 0 aliphatic carbocycles. The van der Waals surface area contributed by atoms with Gasteiger partial charge in [0.2, 0.25) is 23.6 Å². The fraction of sp³-hybridized carbons (Fsp3) is 0.762. The van der Waals surface area contributed by atoms with Crippen LogP contribution in [0.2, 0.25) is 0 Å². The van der Waals surface area contributed by atoms with Crippen LogP contribution in [0.5, 0.6) is 0 Å². The topological polar surface area (TPSA) is 203 Å². The van der Waals surface area contributed by atoms with Crippen molar-refractivity contribution in [3.05, 3.63) is 0 Å². The van der Waals surface area contributed by atoms with Gasteiger partial charge in [0.1, 0.15) is 11.6 Å². The SMILES string of the molecule is CC(C)(C)OC(=O)NC(CC(=O)NCCN)C(=O)N1CCN(C(=O)CCC(N)=O)CC1.CCN. The monoisotopic (exact) mass is 487 g/mol. The molecule has 1 atom stereocenters. The number of hydrogen-bond acceptors (Lipinski definition) is 8. The fourth-order valence-electron chi connectivity index (χ4n) is 2.90. The number of nitrogens with one attached hydrogen (secondary N) is 2. The van der Waals surface area contributed by atoms with Gasteiger partial charge in [-0.15, -0.1) is 0 Å². The highest BCUT2D eigenvalue weighted by atomic mass is 16.6. The number of rotatable bonds is 9. The van der Waals surface area contributed by atoms with E-state index in [2.05, 4.69) is 10.6 Å². The van der Waals surface area contributed by atoms with Crippen LogP contribution in [0.15, 0.2) is 0 Å². The summed E-state index contributed by atoms with van der Waals surface area (Å²) < 4.78 is 5.20. The maximum absolute atomic E-state index is 13.0. The molecule has 1 aliphatic heterocycles. The van der Waals surface area contributed by atoms with Gasteiger partial charge in [-0.3, -0.25) is 19.2 Å². The maximum Gasteiger partial charge on any atom is 0.408 e. The van der Waals surface area contributed by atoms with Crippen molar-refractivity contribution in [2.75, 3.05) is 45.8 Å². The maximum atomic E-state index is 13.0. The zero-order valence-corrected chi connectivity index (χ0v) is 20.7. The number of carbonyl (C=O) groups is 5. The Hall–Kier alpha value is -2.93. The summed E-state index contributed by atoms with van der Waals surface area (Å²) >= 11 is 0. The van der Waals surface area contributed by atoms with E-state index in [1.54, 1.807) is 25.7 Å². The number of primary amides is 1. The third-order valence-electron chi connectivity index (χ3n) is 4.37. The van der Waals surface area contributed by atoms with Gasteiger partial charge in [-0.25, -0.2) is 4.79 Å². The first-order chi connectivity index (χ1) is 15.8. The Morgan fingerprint density at radius 2 is 1.50 bits per heavy atom. The molecule has 8 N–H and O–H groups in total. The summed E-state index contributed by atoms with van der Waals surface area (Å²) in [4.78, 5) is 63.3. The average molecular weight is 488 g/mol. The highest BCUT2D eigenvalue weighted by Gasteiger charge is 2.32. The zero-order valence-electron chi connectivity index (χ0n) is 20.7. The van der Waals surface area contributed by atoms with Crippen LogP contribution in [0.1, 0.15) is 47.0 Å². The van der Waals surface area contributed by atoms with Gasteiger partial charge in [-0.05, 0) is 27.3 Å². The Kier molecular flexibility index (Phi) is 14.5. The number of nitrogens with zero attached hydrogens (tertiary/aromatic N) is 2. The summed E-state index contributed by atoms with van der Waals surface area (Å²) in [5, 5.41) is 5.04. The molecule has 0 radical (unpaired) electrons. The van der Waals surface area contributed by atoms with Crippen LogP contribution in [-0.4, -0.2) is 97.0 Å². The van der Waals surface area contributed by atoms with Crippen LogP contribution in [-0.2, 0) is 23.9 Å². The molecule has 1 unspecified atom stereocenters. The third kappa shape index (κ3) is 13.6. The van der Waals surface area contributed by atoms with Gasteiger partial charge >= 0.3 is 6.09 Å². The number of hydrogen-bond donors (Lipinski definition) is 5. The number of carbonyl (C=O) groups excluding carboxylic acids is 5. The molecule has 1 saturated heterocycles. The average Bonchev–Trinajstić information content (AvgIpc) is 2.74. The number of amides is 5. The molecule has 13 nitrogen and oxygen atoms in total. The van der Waals surface area contributed by atoms with E-state index < -0.39 is 35.5 Å². The molecule has 13 heteroatoms. The highest BCUT2D eigenvalue weighted by molar-refractivity contribution is 5.91. The van der Waals surface area contributed by atoms with Gasteiger partial charge in [-0.2, -0.15) is 0 Å². The molecule has 1 heterocycles. The molecule has 34 heavy (non-hydrogen) atoms. The molecule has 1 rings (SSSR count). The number of alkyl carbamates (subject to hydrolysis) is 1. The van der Waals surface area contributed by atoms with Crippen molar-refractivity contribution in [2.45, 2.75) is 58.6 Å². The summed E-state index contributed by atoms with van der Waals surface area (Å²) in [5.41, 5.74) is 14.5. The first kappa shape index (κ1) is 31.1. The van der Waals surface area contributed by atoms with E-state index in [0.717, 1.165) is 6.54 Å². The van der Waals surface area contributed by atoms with Crippen LogP contribution in [0.3, 0.4) is 0 Å². The minimum Gasteiger partial charge on any atom is -0.444 e. The molecule has 0 aromatic rings. The summed E-state index contributed by atoms with van der Waals surface area (Å²) in [7, 11) is 0. The summed E-state index contributed by atoms with van der Waals surface area (Å²) in [6, 6.07) is -1.12. The molecule has 0 bridgehead atoms. The molecule has 0 saturated carbocycles. The zero-order chi connectivity index (χ0) is 26.3. The lowest BCUT2D eigenvalue weighted by Crippen LogP contribution is -2.57. The van der Waals surface area contributed by atoms with E-state index in [4.69, 9.17) is 21.9 Å². The standard InChI is InChI=1S/C19H34N6O6.C2H7N/c1-19(2,3)31-18(30)23-13(12-15(27)22-7-6-20)17(29)25-10-8-24(9-11-25)16(28)5-4-14(21)26;1-2-3/h13H,4-12,20H2,1-3H3,(H2,21,26)(H,22,27)(H,23,30);2-3H2,1H3. The second kappa shape index (κ2) is 15.8. The van der Waals surface area contributed by atoms with Crippen LogP contribution >= 0.6 is 0 Å². The summed E-state index contributed by atoms with van der Waals surface area (Å²) in [5.74, 6) is -1.64. The lowest BCUT2D eigenvalue weighted by Gasteiger charge is -2.36. The second-order valence-corrected chi connectivity index (χ2v) is 8.62. The van der Waals surface area contributed by atoms with E-state index in [1.165, 1.54) is 4.90 Å². The molecule has 5 amide bonds. The van der Waals surface area contributed by atoms with Gasteiger partial charge in [0, 0.05) is 52.1 Å². The molecular formula is C21H41N7O6. The van der Waals surface area contributed by atoms with Crippen molar-refractivity contribution in [3.8, 4) is 0 Å². The fourth-order valence-corrected chi connectivity index (χ4v) is 2.90. The first-order valence-corrected chi connectivity index (χ1v) is 11.4. The smallest absolute Gasteiger partial charge is 0.408 e. The molecule has 1 aliphatic rings. The van der Waals surface area contributed by atoms with Crippen molar-refractivity contribution in [2.24, 2.45) is 17.2 Å². The van der Waals surface area contributed by atoms with E-state index in [9.17, 15) is 24.0 Å². The molecule has 1 fully saturated rings. The summed E-state index contributed by atoms with van der Waals surface area (Å²) in [6.45, 7) is 9.23. The van der Waals surface area contributed by atoms with Crippen molar-refractivity contribution in [1.29, 1.82) is 0 Å². The largest absolute Gasteiger partial charge is 0.444 e.